The van der Waals surface area contributed by atoms with Crippen molar-refractivity contribution in [3.05, 3.63) is 70.8 Å². The minimum Gasteiger partial charge on any atom is -0.462 e. The van der Waals surface area contributed by atoms with E-state index in [-0.39, 0.29) is 36.5 Å². The molecule has 0 heterocycles. The molecule has 30 heavy (non-hydrogen) atoms. The molecule has 0 aliphatic carbocycles. The van der Waals surface area contributed by atoms with Crippen LogP contribution in [0.5, 0.6) is 0 Å². The Balaban J connectivity index is 2.18. The van der Waals surface area contributed by atoms with Gasteiger partial charge in [-0.05, 0) is 36.6 Å². The van der Waals surface area contributed by atoms with Gasteiger partial charge in [0.05, 0.1) is 29.9 Å². The molecule has 0 aliphatic heterocycles. The first-order valence-corrected chi connectivity index (χ1v) is 10.3. The van der Waals surface area contributed by atoms with E-state index in [4.69, 9.17) is 14.2 Å². The maximum atomic E-state index is 12.5. The highest BCUT2D eigenvalue weighted by molar-refractivity contribution is 6.05. The van der Waals surface area contributed by atoms with Crippen LogP contribution >= 0.6 is 0 Å². The Morgan fingerprint density at radius 2 is 1.30 bits per heavy atom. The second kappa shape index (κ2) is 12.4. The van der Waals surface area contributed by atoms with Gasteiger partial charge in [0.25, 0.3) is 0 Å². The van der Waals surface area contributed by atoms with E-state index in [1.165, 1.54) is 18.2 Å². The second-order valence-corrected chi connectivity index (χ2v) is 6.80. The zero-order valence-electron chi connectivity index (χ0n) is 17.5. The molecule has 0 aromatic heterocycles. The maximum absolute atomic E-state index is 12.5. The van der Waals surface area contributed by atoms with Crippen LogP contribution in [0.25, 0.3) is 0 Å². The summed E-state index contributed by atoms with van der Waals surface area (Å²) in [6.45, 7) is 4.58. The van der Waals surface area contributed by atoms with Gasteiger partial charge in [-0.1, -0.05) is 57.0 Å². The number of hydrogen-bond donors (Lipinski definition) is 0. The lowest BCUT2D eigenvalue weighted by Gasteiger charge is -2.12. The van der Waals surface area contributed by atoms with Gasteiger partial charge < -0.3 is 14.2 Å². The summed E-state index contributed by atoms with van der Waals surface area (Å²) in [4.78, 5) is 37.4. The summed E-state index contributed by atoms with van der Waals surface area (Å²) in [5.74, 6) is -1.87. The third-order valence-electron chi connectivity index (χ3n) is 4.37. The number of unbranched alkanes of at least 4 members (excludes halogenated alkanes) is 2. The fraction of sp³-hybridized carbons (Fsp3) is 0.375. The molecule has 0 atom stereocenters. The van der Waals surface area contributed by atoms with Crippen molar-refractivity contribution in [1.82, 2.24) is 0 Å². The maximum Gasteiger partial charge on any atom is 0.339 e. The largest absolute Gasteiger partial charge is 0.462 e. The Morgan fingerprint density at radius 1 is 0.700 bits per heavy atom. The number of rotatable bonds is 11. The van der Waals surface area contributed by atoms with Crippen LogP contribution in [0.4, 0.5) is 0 Å². The molecule has 6 nitrogen and oxygen atoms in total. The number of hydrogen-bond acceptors (Lipinski definition) is 6. The second-order valence-electron chi connectivity index (χ2n) is 6.80. The molecule has 0 saturated carbocycles. The average Bonchev–Trinajstić information content (AvgIpc) is 2.78. The number of ether oxygens (including phenoxy) is 3. The quantitative estimate of drug-likeness (QED) is 0.295. The highest BCUT2D eigenvalue weighted by Gasteiger charge is 2.22. The van der Waals surface area contributed by atoms with Crippen LogP contribution in [-0.2, 0) is 20.8 Å². The molecule has 0 aliphatic rings. The van der Waals surface area contributed by atoms with Gasteiger partial charge in [0, 0.05) is 0 Å². The van der Waals surface area contributed by atoms with Crippen molar-refractivity contribution in [2.24, 2.45) is 0 Å². The van der Waals surface area contributed by atoms with Crippen LogP contribution in [0.15, 0.2) is 48.5 Å². The molecule has 160 valence electrons. The van der Waals surface area contributed by atoms with Crippen LogP contribution in [0.3, 0.4) is 0 Å². The van der Waals surface area contributed by atoms with E-state index in [1.807, 2.05) is 44.2 Å². The summed E-state index contributed by atoms with van der Waals surface area (Å²) >= 11 is 0. The van der Waals surface area contributed by atoms with Crippen molar-refractivity contribution in [3.8, 4) is 0 Å². The van der Waals surface area contributed by atoms with E-state index >= 15 is 0 Å². The Bertz CT molecular complexity index is 844. The van der Waals surface area contributed by atoms with Gasteiger partial charge in [0.1, 0.15) is 6.61 Å². The lowest BCUT2D eigenvalue weighted by Crippen LogP contribution is -2.17. The molecule has 0 unspecified atom stereocenters. The van der Waals surface area contributed by atoms with Crippen LogP contribution in [0, 0.1) is 0 Å². The lowest BCUT2D eigenvalue weighted by molar-refractivity contribution is 0.0447. The first-order chi connectivity index (χ1) is 14.6. The van der Waals surface area contributed by atoms with E-state index < -0.39 is 17.9 Å². The van der Waals surface area contributed by atoms with Crippen LogP contribution in [0.2, 0.25) is 0 Å². The molecule has 2 aromatic rings. The first kappa shape index (κ1) is 23.1. The molecule has 0 saturated heterocycles. The van der Waals surface area contributed by atoms with Crippen LogP contribution in [0.1, 0.15) is 76.2 Å². The van der Waals surface area contributed by atoms with E-state index in [0.29, 0.717) is 6.42 Å². The standard InChI is InChI=1S/C24H28O6/c1-3-5-14-28-23(26)20-13-12-19(16-21(20)24(27)29-15-6-4-2)22(25)30-17-18-10-8-7-9-11-18/h7-13,16H,3-6,14-15,17H2,1-2H3. The molecule has 2 rings (SSSR count). The molecule has 0 spiro atoms. The van der Waals surface area contributed by atoms with Gasteiger partial charge in [0.2, 0.25) is 0 Å². The van der Waals surface area contributed by atoms with Gasteiger partial charge in [-0.25, -0.2) is 14.4 Å². The van der Waals surface area contributed by atoms with Gasteiger partial charge in [-0.15, -0.1) is 0 Å². The van der Waals surface area contributed by atoms with Gasteiger partial charge >= 0.3 is 17.9 Å². The summed E-state index contributed by atoms with van der Waals surface area (Å²) in [6, 6.07) is 13.5. The molecular formula is C24H28O6. The molecule has 0 fully saturated rings. The zero-order valence-corrected chi connectivity index (χ0v) is 17.5. The smallest absolute Gasteiger partial charge is 0.339 e. The zero-order chi connectivity index (χ0) is 21.8. The van der Waals surface area contributed by atoms with Crippen LogP contribution < -0.4 is 0 Å². The highest BCUT2D eigenvalue weighted by atomic mass is 16.5. The Hall–Kier alpha value is -3.15. The molecule has 0 amide bonds. The van der Waals surface area contributed by atoms with Crippen molar-refractivity contribution < 1.29 is 28.6 Å². The van der Waals surface area contributed by atoms with Crippen molar-refractivity contribution in [1.29, 1.82) is 0 Å². The normalized spacial score (nSPS) is 10.3. The van der Waals surface area contributed by atoms with Crippen molar-refractivity contribution in [2.45, 2.75) is 46.1 Å². The third-order valence-corrected chi connectivity index (χ3v) is 4.37. The summed E-state index contributed by atoms with van der Waals surface area (Å²) in [5.41, 5.74) is 1.09. The Kier molecular flexibility index (Phi) is 9.58. The fourth-order valence-corrected chi connectivity index (χ4v) is 2.60. The molecular weight excluding hydrogens is 384 g/mol. The topological polar surface area (TPSA) is 78.9 Å². The van der Waals surface area contributed by atoms with Gasteiger partial charge in [-0.3, -0.25) is 0 Å². The predicted octanol–water partition coefficient (Wildman–Crippen LogP) is 4.96. The highest BCUT2D eigenvalue weighted by Crippen LogP contribution is 2.17. The minimum absolute atomic E-state index is 0.00163. The minimum atomic E-state index is -0.663. The van der Waals surface area contributed by atoms with E-state index in [9.17, 15) is 14.4 Å². The first-order valence-electron chi connectivity index (χ1n) is 10.3. The number of esters is 3. The van der Waals surface area contributed by atoms with E-state index in [1.54, 1.807) is 0 Å². The molecule has 0 bridgehead atoms. The monoisotopic (exact) mass is 412 g/mol. The lowest BCUT2D eigenvalue weighted by atomic mass is 10.0. The molecule has 2 aromatic carbocycles. The molecule has 0 radical (unpaired) electrons. The fourth-order valence-electron chi connectivity index (χ4n) is 2.60. The summed E-state index contributed by atoms with van der Waals surface area (Å²) in [7, 11) is 0. The molecule has 0 N–H and O–H groups in total. The predicted molar refractivity (Wildman–Crippen MR) is 112 cm³/mol. The summed E-state index contributed by atoms with van der Waals surface area (Å²) in [6.07, 6.45) is 3.18. The third kappa shape index (κ3) is 7.03. The number of carbonyl (C=O) groups is 3. The number of carbonyl (C=O) groups excluding carboxylic acids is 3. The van der Waals surface area contributed by atoms with E-state index in [2.05, 4.69) is 0 Å². The SMILES string of the molecule is CCCCOC(=O)c1ccc(C(=O)OCc2ccccc2)cc1C(=O)OCCCC. The summed E-state index contributed by atoms with van der Waals surface area (Å²) < 4.78 is 15.8. The summed E-state index contributed by atoms with van der Waals surface area (Å²) in [5, 5.41) is 0. The molecule has 6 heteroatoms. The average molecular weight is 412 g/mol. The van der Waals surface area contributed by atoms with Crippen LogP contribution in [-0.4, -0.2) is 31.1 Å². The van der Waals surface area contributed by atoms with E-state index in [0.717, 1.165) is 24.8 Å². The van der Waals surface area contributed by atoms with Gasteiger partial charge in [0.15, 0.2) is 0 Å². The Labute approximate surface area is 177 Å². The van der Waals surface area contributed by atoms with Gasteiger partial charge in [-0.2, -0.15) is 0 Å². The van der Waals surface area contributed by atoms with Crippen molar-refractivity contribution >= 4 is 17.9 Å². The number of benzene rings is 2. The Morgan fingerprint density at radius 3 is 1.90 bits per heavy atom. The van der Waals surface area contributed by atoms with Crippen molar-refractivity contribution in [2.75, 3.05) is 13.2 Å². The van der Waals surface area contributed by atoms with Crippen molar-refractivity contribution in [3.63, 3.8) is 0 Å².